The molecule has 0 aliphatic carbocycles. The summed E-state index contributed by atoms with van der Waals surface area (Å²) in [6, 6.07) is 4.04. The van der Waals surface area contributed by atoms with E-state index in [1.807, 2.05) is 20.8 Å². The fourth-order valence-corrected chi connectivity index (χ4v) is 2.94. The molecule has 3 atom stereocenters. The predicted molar refractivity (Wildman–Crippen MR) is 117 cm³/mol. The molecule has 3 N–H and O–H groups in total. The van der Waals surface area contributed by atoms with Crippen molar-refractivity contribution in [2.75, 3.05) is 14.2 Å². The number of carbonyl (C=O) groups is 3. The van der Waals surface area contributed by atoms with Crippen LogP contribution in [0, 0.1) is 11.8 Å². The smallest absolute Gasteiger partial charge is 0.237 e. The van der Waals surface area contributed by atoms with E-state index < -0.39 is 12.1 Å². The number of methoxy groups -OCH3 is 2. The third-order valence-electron chi connectivity index (χ3n) is 4.81. The van der Waals surface area contributed by atoms with Gasteiger partial charge >= 0.3 is 0 Å². The van der Waals surface area contributed by atoms with Crippen LogP contribution in [0.4, 0.5) is 0 Å². The molecular weight excluding hydrogens is 384 g/mol. The van der Waals surface area contributed by atoms with Crippen molar-refractivity contribution in [3.8, 4) is 11.5 Å². The minimum Gasteiger partial charge on any atom is -0.497 e. The van der Waals surface area contributed by atoms with Gasteiger partial charge in [-0.05, 0) is 48.4 Å². The van der Waals surface area contributed by atoms with Crippen LogP contribution in [0.5, 0.6) is 11.5 Å². The second kappa shape index (κ2) is 12.8. The summed E-state index contributed by atoms with van der Waals surface area (Å²) in [5, 5.41) is 2.68. The molecule has 166 valence electrons. The van der Waals surface area contributed by atoms with E-state index >= 15 is 0 Å². The van der Waals surface area contributed by atoms with Gasteiger partial charge in [-0.2, -0.15) is 0 Å². The minimum absolute atomic E-state index is 0.0678. The van der Waals surface area contributed by atoms with Gasteiger partial charge in [0.15, 0.2) is 5.78 Å². The Morgan fingerprint density at radius 1 is 1.10 bits per heavy atom. The summed E-state index contributed by atoms with van der Waals surface area (Å²) < 4.78 is 10.4. The lowest BCUT2D eigenvalue weighted by Crippen LogP contribution is -2.49. The van der Waals surface area contributed by atoms with Crippen LogP contribution >= 0.6 is 0 Å². The third-order valence-corrected chi connectivity index (χ3v) is 4.81. The van der Waals surface area contributed by atoms with E-state index in [-0.39, 0.29) is 29.9 Å². The first kappa shape index (κ1) is 25.4. The van der Waals surface area contributed by atoms with Crippen LogP contribution in [0.15, 0.2) is 24.3 Å². The van der Waals surface area contributed by atoms with Crippen molar-refractivity contribution in [1.29, 1.82) is 0 Å². The summed E-state index contributed by atoms with van der Waals surface area (Å²) in [5.41, 5.74) is 6.81. The number of nitrogens with two attached hydrogens (primary N) is 1. The zero-order valence-electron chi connectivity index (χ0n) is 18.5. The third kappa shape index (κ3) is 8.78. The molecule has 0 aliphatic heterocycles. The van der Waals surface area contributed by atoms with E-state index in [0.29, 0.717) is 24.3 Å². The number of nitrogens with one attached hydrogen (secondary N) is 1. The van der Waals surface area contributed by atoms with Crippen molar-refractivity contribution in [3.05, 3.63) is 29.8 Å². The molecule has 0 aliphatic rings. The molecule has 0 spiro atoms. The van der Waals surface area contributed by atoms with Crippen molar-refractivity contribution in [3.63, 3.8) is 0 Å². The maximum Gasteiger partial charge on any atom is 0.237 e. The number of carbonyl (C=O) groups excluding carboxylic acids is 3. The van der Waals surface area contributed by atoms with Crippen LogP contribution < -0.4 is 20.5 Å². The maximum absolute atomic E-state index is 12.3. The Morgan fingerprint density at radius 2 is 1.70 bits per heavy atom. The first-order chi connectivity index (χ1) is 14.2. The molecule has 0 bridgehead atoms. The van der Waals surface area contributed by atoms with Crippen molar-refractivity contribution in [1.82, 2.24) is 5.32 Å². The summed E-state index contributed by atoms with van der Waals surface area (Å²) in [4.78, 5) is 35.7. The quantitative estimate of drug-likeness (QED) is 0.377. The number of benzene rings is 1. The van der Waals surface area contributed by atoms with Crippen molar-refractivity contribution >= 4 is 24.1 Å². The van der Waals surface area contributed by atoms with Crippen molar-refractivity contribution in [2.24, 2.45) is 17.6 Å². The van der Waals surface area contributed by atoms with Gasteiger partial charge in [0.05, 0.1) is 26.3 Å². The zero-order valence-corrected chi connectivity index (χ0v) is 18.5. The number of allylic oxidation sites excluding steroid dienone is 1. The molecule has 0 saturated heterocycles. The SMILES string of the molecule is COc1cc(C=CC(=O)CC[C@H](C)[C@H](N)C(=O)N[C@H](C=O)CC(C)C)cc(OC)c1. The summed E-state index contributed by atoms with van der Waals surface area (Å²) >= 11 is 0. The van der Waals surface area contributed by atoms with E-state index in [1.165, 1.54) is 6.08 Å². The number of hydrogen-bond acceptors (Lipinski definition) is 6. The molecule has 7 nitrogen and oxygen atoms in total. The standard InChI is InChI=1S/C23H34N2O5/c1-15(2)10-18(14-26)25-23(28)22(24)16(3)6-8-19(27)9-7-17-11-20(29-4)13-21(12-17)30-5/h7,9,11-16,18,22H,6,8,10,24H2,1-5H3,(H,25,28)/t16-,18-,22-/m0/s1. The van der Waals surface area contributed by atoms with Gasteiger partial charge in [0.2, 0.25) is 5.91 Å². The Bertz CT molecular complexity index is 723. The Hall–Kier alpha value is -2.67. The van der Waals surface area contributed by atoms with Crippen LogP contribution in [0.2, 0.25) is 0 Å². The number of ketones is 1. The highest BCUT2D eigenvalue weighted by Crippen LogP contribution is 2.23. The molecule has 1 aromatic carbocycles. The van der Waals surface area contributed by atoms with Gasteiger partial charge in [-0.1, -0.05) is 26.8 Å². The first-order valence-electron chi connectivity index (χ1n) is 10.1. The Labute approximate surface area is 179 Å². The lowest BCUT2D eigenvalue weighted by atomic mass is 9.94. The fraction of sp³-hybridized carbons (Fsp3) is 0.522. The highest BCUT2D eigenvalue weighted by Gasteiger charge is 2.23. The molecule has 0 fully saturated rings. The molecule has 7 heteroatoms. The van der Waals surface area contributed by atoms with Gasteiger partial charge in [0.1, 0.15) is 17.8 Å². The van der Waals surface area contributed by atoms with Crippen LogP contribution in [0.3, 0.4) is 0 Å². The second-order valence-corrected chi connectivity index (χ2v) is 7.87. The average molecular weight is 419 g/mol. The van der Waals surface area contributed by atoms with E-state index in [2.05, 4.69) is 5.32 Å². The van der Waals surface area contributed by atoms with Gasteiger partial charge in [-0.3, -0.25) is 9.59 Å². The zero-order chi connectivity index (χ0) is 22.7. The number of rotatable bonds is 13. The van der Waals surface area contributed by atoms with Gasteiger partial charge in [-0.25, -0.2) is 0 Å². The molecule has 0 heterocycles. The van der Waals surface area contributed by atoms with Crippen molar-refractivity contribution < 1.29 is 23.9 Å². The Morgan fingerprint density at radius 3 is 2.20 bits per heavy atom. The Kier molecular flexibility index (Phi) is 10.8. The molecule has 30 heavy (non-hydrogen) atoms. The molecule has 0 radical (unpaired) electrons. The summed E-state index contributed by atoms with van der Waals surface area (Å²) in [6.45, 7) is 5.78. The summed E-state index contributed by atoms with van der Waals surface area (Å²) in [7, 11) is 3.13. The number of amides is 1. The molecule has 0 unspecified atom stereocenters. The minimum atomic E-state index is -0.779. The Balaban J connectivity index is 2.58. The summed E-state index contributed by atoms with van der Waals surface area (Å²) in [6.07, 6.45) is 5.23. The molecule has 1 amide bonds. The normalized spacial score (nSPS) is 14.2. The highest BCUT2D eigenvalue weighted by atomic mass is 16.5. The lowest BCUT2D eigenvalue weighted by molar-refractivity contribution is -0.126. The summed E-state index contributed by atoms with van der Waals surface area (Å²) in [5.74, 6) is 0.915. The molecule has 1 aromatic rings. The average Bonchev–Trinajstić information content (AvgIpc) is 2.73. The van der Waals surface area contributed by atoms with Crippen molar-refractivity contribution in [2.45, 2.75) is 52.1 Å². The monoisotopic (exact) mass is 418 g/mol. The van der Waals surface area contributed by atoms with E-state index in [0.717, 1.165) is 11.8 Å². The van der Waals surface area contributed by atoms with E-state index in [1.54, 1.807) is 38.5 Å². The second-order valence-electron chi connectivity index (χ2n) is 7.87. The van der Waals surface area contributed by atoms with Gasteiger partial charge < -0.3 is 25.3 Å². The fourth-order valence-electron chi connectivity index (χ4n) is 2.94. The predicted octanol–water partition coefficient (Wildman–Crippen LogP) is 2.76. The van der Waals surface area contributed by atoms with Gasteiger partial charge in [-0.15, -0.1) is 0 Å². The first-order valence-corrected chi connectivity index (χ1v) is 10.1. The molecular formula is C23H34N2O5. The maximum atomic E-state index is 12.3. The van der Waals surface area contributed by atoms with Crippen LogP contribution in [0.1, 0.15) is 45.6 Å². The number of hydrogen-bond donors (Lipinski definition) is 2. The number of ether oxygens (including phenoxy) is 2. The van der Waals surface area contributed by atoms with Crippen LogP contribution in [-0.4, -0.2) is 44.3 Å². The molecule has 0 saturated carbocycles. The molecule has 0 aromatic heterocycles. The van der Waals surface area contributed by atoms with E-state index in [9.17, 15) is 14.4 Å². The van der Waals surface area contributed by atoms with Gasteiger partial charge in [0.25, 0.3) is 0 Å². The van der Waals surface area contributed by atoms with Gasteiger partial charge in [0, 0.05) is 12.5 Å². The lowest BCUT2D eigenvalue weighted by Gasteiger charge is -2.22. The largest absolute Gasteiger partial charge is 0.497 e. The molecule has 1 rings (SSSR count). The van der Waals surface area contributed by atoms with Crippen LogP contribution in [-0.2, 0) is 14.4 Å². The topological polar surface area (TPSA) is 108 Å². The van der Waals surface area contributed by atoms with E-state index in [4.69, 9.17) is 15.2 Å². The number of aldehydes is 1. The van der Waals surface area contributed by atoms with Crippen LogP contribution in [0.25, 0.3) is 6.08 Å². The highest BCUT2D eigenvalue weighted by molar-refractivity contribution is 5.93.